The maximum atomic E-state index is 6.23. The van der Waals surface area contributed by atoms with Crippen molar-refractivity contribution in [1.82, 2.24) is 5.32 Å². The van der Waals surface area contributed by atoms with Gasteiger partial charge in [0.2, 0.25) is 0 Å². The van der Waals surface area contributed by atoms with E-state index in [1.165, 1.54) is 24.8 Å². The second-order valence-electron chi connectivity index (χ2n) is 4.46. The minimum atomic E-state index is 0.386. The van der Waals surface area contributed by atoms with Crippen molar-refractivity contribution in [3.63, 3.8) is 0 Å². The number of hydrogen-bond donors (Lipinski definition) is 1. The van der Waals surface area contributed by atoms with Gasteiger partial charge in [-0.25, -0.2) is 0 Å². The number of hydrogen-bond acceptors (Lipinski definition) is 1. The zero-order valence-corrected chi connectivity index (χ0v) is 11.6. The van der Waals surface area contributed by atoms with Crippen LogP contribution < -0.4 is 5.32 Å². The first-order valence-corrected chi connectivity index (χ1v) is 7.08. The molecule has 0 heterocycles. The quantitative estimate of drug-likeness (QED) is 0.831. The van der Waals surface area contributed by atoms with E-state index in [4.69, 9.17) is 11.6 Å². The second kappa shape index (κ2) is 6.04. The third-order valence-electron chi connectivity index (χ3n) is 3.22. The van der Waals surface area contributed by atoms with E-state index in [0.717, 1.165) is 17.6 Å². The van der Waals surface area contributed by atoms with E-state index >= 15 is 0 Å². The maximum Gasteiger partial charge on any atom is 0.0376 e. The van der Waals surface area contributed by atoms with Crippen LogP contribution in [0.25, 0.3) is 0 Å². The number of benzene rings is 1. The van der Waals surface area contributed by atoms with Gasteiger partial charge in [0, 0.05) is 16.4 Å². The fraction of sp³-hybridized carbons (Fsp3) is 0.538. The van der Waals surface area contributed by atoms with E-state index < -0.39 is 0 Å². The molecule has 0 bridgehead atoms. The molecule has 3 heteroatoms. The molecule has 1 aliphatic rings. The molecule has 0 aromatic heterocycles. The molecule has 2 atom stereocenters. The standard InChI is InChI=1S/C13H17BrClN/c14-12-6-4-10(5-7-12)8-16-9-11-2-1-3-13(11)15/h4-7,11,13,16H,1-3,8-9H2. The maximum absolute atomic E-state index is 6.23. The molecule has 0 amide bonds. The smallest absolute Gasteiger partial charge is 0.0376 e. The molecule has 88 valence electrons. The SMILES string of the molecule is ClC1CCCC1CNCc1ccc(Br)cc1. The Morgan fingerprint density at radius 1 is 1.25 bits per heavy atom. The van der Waals surface area contributed by atoms with Gasteiger partial charge in [0.15, 0.2) is 0 Å². The van der Waals surface area contributed by atoms with Crippen LogP contribution in [0, 0.1) is 5.92 Å². The van der Waals surface area contributed by atoms with E-state index in [-0.39, 0.29) is 0 Å². The monoisotopic (exact) mass is 301 g/mol. The summed E-state index contributed by atoms with van der Waals surface area (Å²) in [6.45, 7) is 1.98. The normalized spacial score (nSPS) is 24.9. The van der Waals surface area contributed by atoms with Crippen molar-refractivity contribution in [2.45, 2.75) is 31.2 Å². The molecular formula is C13H17BrClN. The molecule has 1 fully saturated rings. The molecule has 1 aliphatic carbocycles. The van der Waals surface area contributed by atoms with E-state index in [1.54, 1.807) is 0 Å². The van der Waals surface area contributed by atoms with Gasteiger partial charge in [-0.05, 0) is 43.0 Å². The van der Waals surface area contributed by atoms with Gasteiger partial charge in [0.25, 0.3) is 0 Å². The molecule has 0 saturated heterocycles. The van der Waals surface area contributed by atoms with E-state index in [1.807, 2.05) is 0 Å². The summed E-state index contributed by atoms with van der Waals surface area (Å²) in [6.07, 6.45) is 3.76. The average Bonchev–Trinajstić information content (AvgIpc) is 2.68. The molecule has 1 nitrogen and oxygen atoms in total. The van der Waals surface area contributed by atoms with Gasteiger partial charge < -0.3 is 5.32 Å². The first-order chi connectivity index (χ1) is 7.75. The van der Waals surface area contributed by atoms with Crippen LogP contribution in [-0.4, -0.2) is 11.9 Å². The molecule has 1 saturated carbocycles. The number of alkyl halides is 1. The summed E-state index contributed by atoms with van der Waals surface area (Å²) in [6, 6.07) is 8.45. The Bertz CT molecular complexity index is 325. The highest BCUT2D eigenvalue weighted by Gasteiger charge is 2.24. The topological polar surface area (TPSA) is 12.0 Å². The first-order valence-electron chi connectivity index (χ1n) is 5.85. The molecule has 1 aromatic carbocycles. The Kier molecular flexibility index (Phi) is 4.68. The van der Waals surface area contributed by atoms with Crippen molar-refractivity contribution >= 4 is 27.5 Å². The highest BCUT2D eigenvalue weighted by molar-refractivity contribution is 9.10. The van der Waals surface area contributed by atoms with Crippen LogP contribution in [0.15, 0.2) is 28.7 Å². The summed E-state index contributed by atoms with van der Waals surface area (Å²) in [5.74, 6) is 0.664. The second-order valence-corrected chi connectivity index (χ2v) is 5.94. The Morgan fingerprint density at radius 2 is 2.00 bits per heavy atom. The highest BCUT2D eigenvalue weighted by Crippen LogP contribution is 2.29. The molecule has 0 spiro atoms. The molecule has 2 rings (SSSR count). The molecule has 0 aliphatic heterocycles. The van der Waals surface area contributed by atoms with Crippen molar-refractivity contribution in [2.75, 3.05) is 6.54 Å². The Balaban J connectivity index is 1.73. The molecule has 16 heavy (non-hydrogen) atoms. The van der Waals surface area contributed by atoms with Crippen LogP contribution in [0.3, 0.4) is 0 Å². The largest absolute Gasteiger partial charge is 0.312 e. The van der Waals surface area contributed by atoms with Gasteiger partial charge in [-0.3, -0.25) is 0 Å². The lowest BCUT2D eigenvalue weighted by molar-refractivity contribution is 0.494. The first kappa shape index (κ1) is 12.4. The lowest BCUT2D eigenvalue weighted by Gasteiger charge is -2.14. The number of rotatable bonds is 4. The lowest BCUT2D eigenvalue weighted by atomic mass is 10.1. The van der Waals surface area contributed by atoms with Crippen LogP contribution >= 0.6 is 27.5 Å². The summed E-state index contributed by atoms with van der Waals surface area (Å²) in [4.78, 5) is 0. The van der Waals surface area contributed by atoms with E-state index in [9.17, 15) is 0 Å². The molecule has 0 radical (unpaired) electrons. The Hall–Kier alpha value is -0.0500. The van der Waals surface area contributed by atoms with Gasteiger partial charge in [0.1, 0.15) is 0 Å². The predicted octanol–water partition coefficient (Wildman–Crippen LogP) is 3.95. The third-order valence-corrected chi connectivity index (χ3v) is 4.32. The molecule has 1 N–H and O–H groups in total. The zero-order valence-electron chi connectivity index (χ0n) is 9.26. The Morgan fingerprint density at radius 3 is 2.62 bits per heavy atom. The summed E-state index contributed by atoms with van der Waals surface area (Å²) in [7, 11) is 0. The van der Waals surface area contributed by atoms with Gasteiger partial charge in [-0.2, -0.15) is 0 Å². The van der Waals surface area contributed by atoms with Crippen LogP contribution in [-0.2, 0) is 6.54 Å². The van der Waals surface area contributed by atoms with Gasteiger partial charge in [0.05, 0.1) is 0 Å². The van der Waals surface area contributed by atoms with Crippen LogP contribution in [0.5, 0.6) is 0 Å². The van der Waals surface area contributed by atoms with Crippen molar-refractivity contribution in [1.29, 1.82) is 0 Å². The van der Waals surface area contributed by atoms with E-state index in [2.05, 4.69) is 45.5 Å². The minimum absolute atomic E-state index is 0.386. The fourth-order valence-corrected chi connectivity index (χ4v) is 2.86. The summed E-state index contributed by atoms with van der Waals surface area (Å²) in [5, 5.41) is 3.88. The van der Waals surface area contributed by atoms with Crippen LogP contribution in [0.2, 0.25) is 0 Å². The van der Waals surface area contributed by atoms with Gasteiger partial charge >= 0.3 is 0 Å². The van der Waals surface area contributed by atoms with Crippen molar-refractivity contribution in [3.8, 4) is 0 Å². The third kappa shape index (κ3) is 3.47. The molecule has 2 unspecified atom stereocenters. The Labute approximate surface area is 111 Å². The lowest BCUT2D eigenvalue weighted by Crippen LogP contribution is -2.25. The molecule has 1 aromatic rings. The predicted molar refractivity (Wildman–Crippen MR) is 72.8 cm³/mol. The number of halogens is 2. The van der Waals surface area contributed by atoms with Crippen LogP contribution in [0.1, 0.15) is 24.8 Å². The summed E-state index contributed by atoms with van der Waals surface area (Å²) < 4.78 is 1.13. The number of nitrogens with one attached hydrogen (secondary N) is 1. The zero-order chi connectivity index (χ0) is 11.4. The summed E-state index contributed by atoms with van der Waals surface area (Å²) in [5.41, 5.74) is 1.33. The average molecular weight is 303 g/mol. The van der Waals surface area contributed by atoms with Gasteiger partial charge in [-0.1, -0.05) is 34.5 Å². The van der Waals surface area contributed by atoms with Gasteiger partial charge in [-0.15, -0.1) is 11.6 Å². The minimum Gasteiger partial charge on any atom is -0.312 e. The van der Waals surface area contributed by atoms with Crippen LogP contribution in [0.4, 0.5) is 0 Å². The van der Waals surface area contributed by atoms with E-state index in [0.29, 0.717) is 11.3 Å². The van der Waals surface area contributed by atoms with Crippen molar-refractivity contribution in [2.24, 2.45) is 5.92 Å². The fourth-order valence-electron chi connectivity index (χ4n) is 2.23. The van der Waals surface area contributed by atoms with Crippen molar-refractivity contribution < 1.29 is 0 Å². The summed E-state index contributed by atoms with van der Waals surface area (Å²) >= 11 is 9.67. The molecular weight excluding hydrogens is 286 g/mol. The van der Waals surface area contributed by atoms with Crippen molar-refractivity contribution in [3.05, 3.63) is 34.3 Å². The highest BCUT2D eigenvalue weighted by atomic mass is 79.9.